The number of halogens is 1. The Hall–Kier alpha value is -2.76. The molecule has 0 unspecified atom stereocenters. The highest BCUT2D eigenvalue weighted by atomic mass is 35.5. The minimum Gasteiger partial charge on any atom is -0.298 e. The lowest BCUT2D eigenvalue weighted by Crippen LogP contribution is -2.13. The number of rotatable bonds is 3. The molecule has 0 bridgehead atoms. The zero-order valence-corrected chi connectivity index (χ0v) is 16.4. The summed E-state index contributed by atoms with van der Waals surface area (Å²) in [6, 6.07) is 16.9. The maximum absolute atomic E-state index is 13.0. The molecule has 2 aromatic heterocycles. The number of carbonyl (C=O) groups excluding carboxylic acids is 1. The number of para-hydroxylation sites is 1. The van der Waals surface area contributed by atoms with E-state index in [9.17, 15) is 4.79 Å². The fourth-order valence-electron chi connectivity index (χ4n) is 2.82. The molecule has 134 valence electrons. The Kier molecular flexibility index (Phi) is 4.64. The van der Waals surface area contributed by atoms with Gasteiger partial charge in [-0.1, -0.05) is 41.9 Å². The summed E-state index contributed by atoms with van der Waals surface area (Å²) in [6.45, 7) is 3.92. The Morgan fingerprint density at radius 2 is 1.78 bits per heavy atom. The fourth-order valence-corrected chi connectivity index (χ4v) is 3.76. The second-order valence-corrected chi connectivity index (χ2v) is 7.83. The minimum absolute atomic E-state index is 0.197. The maximum atomic E-state index is 13.0. The monoisotopic (exact) mass is 393 g/mol. The molecule has 2 heterocycles. The SMILES string of the molecule is Cc1nc(NC(=O)c2cc(-c3ccc(Cl)cc3)nc3ccccc23)sc1C. The Morgan fingerprint density at radius 3 is 2.48 bits per heavy atom. The smallest absolute Gasteiger partial charge is 0.258 e. The van der Waals surface area contributed by atoms with Crippen LogP contribution in [0.1, 0.15) is 20.9 Å². The van der Waals surface area contributed by atoms with Crippen LogP contribution in [0.25, 0.3) is 22.2 Å². The lowest BCUT2D eigenvalue weighted by molar-refractivity contribution is 0.102. The predicted molar refractivity (Wildman–Crippen MR) is 112 cm³/mol. The van der Waals surface area contributed by atoms with Crippen molar-refractivity contribution < 1.29 is 4.79 Å². The van der Waals surface area contributed by atoms with Crippen molar-refractivity contribution in [2.45, 2.75) is 13.8 Å². The molecule has 0 saturated carbocycles. The molecule has 0 atom stereocenters. The molecule has 6 heteroatoms. The van der Waals surface area contributed by atoms with Gasteiger partial charge in [-0.05, 0) is 38.1 Å². The van der Waals surface area contributed by atoms with E-state index in [2.05, 4.69) is 10.3 Å². The molecule has 0 saturated heterocycles. The first-order valence-electron chi connectivity index (χ1n) is 8.42. The highest BCUT2D eigenvalue weighted by molar-refractivity contribution is 7.15. The van der Waals surface area contributed by atoms with E-state index >= 15 is 0 Å². The zero-order valence-electron chi connectivity index (χ0n) is 14.8. The number of nitrogens with one attached hydrogen (secondary N) is 1. The number of nitrogens with zero attached hydrogens (tertiary/aromatic N) is 2. The first kappa shape index (κ1) is 17.6. The van der Waals surface area contributed by atoms with Crippen molar-refractivity contribution in [3.63, 3.8) is 0 Å². The number of amides is 1. The fraction of sp³-hybridized carbons (Fsp3) is 0.0952. The molecule has 4 nitrogen and oxygen atoms in total. The van der Waals surface area contributed by atoms with Gasteiger partial charge in [0, 0.05) is 20.8 Å². The van der Waals surface area contributed by atoms with Crippen LogP contribution in [-0.2, 0) is 0 Å². The van der Waals surface area contributed by atoms with Gasteiger partial charge in [-0.25, -0.2) is 9.97 Å². The maximum Gasteiger partial charge on any atom is 0.258 e. The third kappa shape index (κ3) is 3.56. The molecule has 0 aliphatic rings. The number of benzene rings is 2. The van der Waals surface area contributed by atoms with Crippen LogP contribution in [0.2, 0.25) is 5.02 Å². The van der Waals surface area contributed by atoms with E-state index in [4.69, 9.17) is 16.6 Å². The van der Waals surface area contributed by atoms with Crippen LogP contribution in [0.3, 0.4) is 0 Å². The number of thiazole rings is 1. The number of aryl methyl sites for hydroxylation is 2. The highest BCUT2D eigenvalue weighted by Crippen LogP contribution is 2.27. The first-order chi connectivity index (χ1) is 13.0. The van der Waals surface area contributed by atoms with Gasteiger partial charge in [0.2, 0.25) is 0 Å². The van der Waals surface area contributed by atoms with Crippen molar-refractivity contribution in [2.75, 3.05) is 5.32 Å². The Bertz CT molecular complexity index is 1130. The number of hydrogen-bond donors (Lipinski definition) is 1. The molecule has 0 fully saturated rings. The quantitative estimate of drug-likeness (QED) is 0.472. The summed E-state index contributed by atoms with van der Waals surface area (Å²) in [5, 5.41) is 4.98. The van der Waals surface area contributed by atoms with Crippen molar-refractivity contribution in [3.05, 3.63) is 75.8 Å². The van der Waals surface area contributed by atoms with E-state index in [0.717, 1.165) is 32.7 Å². The van der Waals surface area contributed by atoms with Crippen LogP contribution >= 0.6 is 22.9 Å². The summed E-state index contributed by atoms with van der Waals surface area (Å²) in [5.74, 6) is -0.197. The summed E-state index contributed by atoms with van der Waals surface area (Å²) < 4.78 is 0. The summed E-state index contributed by atoms with van der Waals surface area (Å²) in [5.41, 5.74) is 3.89. The number of pyridine rings is 1. The minimum atomic E-state index is -0.197. The summed E-state index contributed by atoms with van der Waals surface area (Å²) in [4.78, 5) is 23.2. The third-order valence-electron chi connectivity index (χ3n) is 4.35. The van der Waals surface area contributed by atoms with Crippen LogP contribution in [0.15, 0.2) is 54.6 Å². The number of anilines is 1. The Labute approximate surface area is 165 Å². The van der Waals surface area contributed by atoms with Crippen LogP contribution in [0.5, 0.6) is 0 Å². The number of carbonyl (C=O) groups is 1. The molecule has 2 aromatic carbocycles. The number of hydrogen-bond acceptors (Lipinski definition) is 4. The molecule has 27 heavy (non-hydrogen) atoms. The Morgan fingerprint density at radius 1 is 1.04 bits per heavy atom. The summed E-state index contributed by atoms with van der Waals surface area (Å²) >= 11 is 7.46. The average molecular weight is 394 g/mol. The van der Waals surface area contributed by atoms with E-state index in [0.29, 0.717) is 15.7 Å². The van der Waals surface area contributed by atoms with Gasteiger partial charge < -0.3 is 0 Å². The van der Waals surface area contributed by atoms with Crippen molar-refractivity contribution in [1.82, 2.24) is 9.97 Å². The van der Waals surface area contributed by atoms with Gasteiger partial charge in [-0.15, -0.1) is 11.3 Å². The van der Waals surface area contributed by atoms with Crippen LogP contribution < -0.4 is 5.32 Å². The second-order valence-electron chi connectivity index (χ2n) is 6.19. The Balaban J connectivity index is 1.80. The molecular formula is C21H16ClN3OS. The molecular weight excluding hydrogens is 378 g/mol. The van der Waals surface area contributed by atoms with Crippen molar-refractivity contribution in [1.29, 1.82) is 0 Å². The van der Waals surface area contributed by atoms with E-state index in [1.54, 1.807) is 0 Å². The van der Waals surface area contributed by atoms with Gasteiger partial charge in [0.1, 0.15) is 0 Å². The highest BCUT2D eigenvalue weighted by Gasteiger charge is 2.16. The zero-order chi connectivity index (χ0) is 19.0. The number of fused-ring (bicyclic) bond motifs is 1. The molecule has 0 radical (unpaired) electrons. The predicted octanol–water partition coefficient (Wildman–Crippen LogP) is 5.88. The van der Waals surface area contributed by atoms with E-state index < -0.39 is 0 Å². The van der Waals surface area contributed by atoms with Crippen LogP contribution in [-0.4, -0.2) is 15.9 Å². The molecule has 4 aromatic rings. The molecule has 0 spiro atoms. The lowest BCUT2D eigenvalue weighted by atomic mass is 10.0. The normalized spacial score (nSPS) is 10.9. The average Bonchev–Trinajstić information content (AvgIpc) is 2.98. The van der Waals surface area contributed by atoms with Gasteiger partial charge in [-0.3, -0.25) is 10.1 Å². The lowest BCUT2D eigenvalue weighted by Gasteiger charge is -2.10. The van der Waals surface area contributed by atoms with Gasteiger partial charge >= 0.3 is 0 Å². The van der Waals surface area contributed by atoms with E-state index in [1.165, 1.54) is 11.3 Å². The molecule has 1 N–H and O–H groups in total. The van der Waals surface area contributed by atoms with Crippen LogP contribution in [0, 0.1) is 13.8 Å². The van der Waals surface area contributed by atoms with Crippen molar-refractivity contribution in [2.24, 2.45) is 0 Å². The molecule has 0 aliphatic heterocycles. The largest absolute Gasteiger partial charge is 0.298 e. The summed E-state index contributed by atoms with van der Waals surface area (Å²) in [7, 11) is 0. The van der Waals surface area contributed by atoms with Gasteiger partial charge in [0.15, 0.2) is 5.13 Å². The van der Waals surface area contributed by atoms with Gasteiger partial charge in [0.25, 0.3) is 5.91 Å². The van der Waals surface area contributed by atoms with Gasteiger partial charge in [0.05, 0.1) is 22.5 Å². The van der Waals surface area contributed by atoms with Crippen LogP contribution in [0.4, 0.5) is 5.13 Å². The van der Waals surface area contributed by atoms with E-state index in [-0.39, 0.29) is 5.91 Å². The topological polar surface area (TPSA) is 54.9 Å². The molecule has 4 rings (SSSR count). The second kappa shape index (κ2) is 7.10. The molecule has 1 amide bonds. The van der Waals surface area contributed by atoms with Crippen molar-refractivity contribution in [3.8, 4) is 11.3 Å². The van der Waals surface area contributed by atoms with Crippen molar-refractivity contribution >= 4 is 44.9 Å². The van der Waals surface area contributed by atoms with Gasteiger partial charge in [-0.2, -0.15) is 0 Å². The number of aromatic nitrogens is 2. The first-order valence-corrected chi connectivity index (χ1v) is 9.62. The standard InChI is InChI=1S/C21H16ClN3OS/c1-12-13(2)27-21(23-12)25-20(26)17-11-19(14-7-9-15(22)10-8-14)24-18-6-4-3-5-16(17)18/h3-11H,1-2H3,(H,23,25,26). The third-order valence-corrected chi connectivity index (χ3v) is 5.59. The summed E-state index contributed by atoms with van der Waals surface area (Å²) in [6.07, 6.45) is 0. The van der Waals surface area contributed by atoms with E-state index in [1.807, 2.05) is 68.4 Å². The molecule has 0 aliphatic carbocycles.